The van der Waals surface area contributed by atoms with Crippen LogP contribution in [0.3, 0.4) is 0 Å². The Labute approximate surface area is 213 Å². The fraction of sp³-hybridized carbons (Fsp3) is 0.435. The molecule has 0 aliphatic heterocycles. The van der Waals surface area contributed by atoms with Crippen LogP contribution in [-0.4, -0.2) is 43.8 Å². The molecule has 0 unspecified atom stereocenters. The Balaban J connectivity index is 2.48. The van der Waals surface area contributed by atoms with Crippen LogP contribution in [0, 0.1) is 17.0 Å². The minimum absolute atomic E-state index is 0.00829. The van der Waals surface area contributed by atoms with Crippen molar-refractivity contribution < 1.29 is 28.0 Å². The van der Waals surface area contributed by atoms with Gasteiger partial charge < -0.3 is 18.3 Å². The van der Waals surface area contributed by atoms with Crippen LogP contribution in [-0.2, 0) is 30.9 Å². The molecule has 11 heteroatoms. The molecule has 2 aromatic rings. The normalized spacial score (nSPS) is 13.0. The lowest BCUT2D eigenvalue weighted by molar-refractivity contribution is -0.384. The summed E-state index contributed by atoms with van der Waals surface area (Å²) in [5.41, 5.74) is 2.90. The summed E-state index contributed by atoms with van der Waals surface area (Å²) in [6.45, 7) is 10.0. The van der Waals surface area contributed by atoms with Gasteiger partial charge in [-0.1, -0.05) is 42.9 Å². The topological polar surface area (TPSA) is 97.1 Å². The van der Waals surface area contributed by atoms with Crippen molar-refractivity contribution in [2.24, 2.45) is 0 Å². The first-order valence-electron chi connectivity index (χ1n) is 11.0. The highest BCUT2D eigenvalue weighted by atomic mass is 79.9. The third kappa shape index (κ3) is 6.33. The zero-order chi connectivity index (χ0) is 25.5. The number of carbonyl (C=O) groups is 1. The van der Waals surface area contributed by atoms with Gasteiger partial charge in [-0.3, -0.25) is 10.1 Å². The third-order valence-electron chi connectivity index (χ3n) is 5.64. The number of hydrogen-bond acceptors (Lipinski definition) is 7. The van der Waals surface area contributed by atoms with Gasteiger partial charge in [-0.2, -0.15) is 0 Å². The van der Waals surface area contributed by atoms with E-state index >= 15 is 0 Å². The van der Waals surface area contributed by atoms with Crippen LogP contribution in [0.5, 0.6) is 5.75 Å². The largest absolute Gasteiger partial charge is 0.496 e. The monoisotopic (exact) mass is 569 g/mol. The van der Waals surface area contributed by atoms with E-state index in [-0.39, 0.29) is 12.3 Å². The maximum absolute atomic E-state index is 13.3. The van der Waals surface area contributed by atoms with E-state index in [4.69, 9.17) is 18.3 Å². The predicted molar refractivity (Wildman–Crippen MR) is 140 cm³/mol. The zero-order valence-electron chi connectivity index (χ0n) is 20.5. The van der Waals surface area contributed by atoms with Crippen LogP contribution in [0.25, 0.3) is 0 Å². The molecule has 2 aromatic carbocycles. The van der Waals surface area contributed by atoms with Crippen LogP contribution >= 0.6 is 15.9 Å². The van der Waals surface area contributed by atoms with Crippen molar-refractivity contribution in [2.45, 2.75) is 57.5 Å². The number of esters is 1. The zero-order valence-corrected chi connectivity index (χ0v) is 24.9. The average Bonchev–Trinajstić information content (AvgIpc) is 2.82. The van der Waals surface area contributed by atoms with E-state index in [9.17, 15) is 14.9 Å². The summed E-state index contributed by atoms with van der Waals surface area (Å²) < 4.78 is 23.4. The van der Waals surface area contributed by atoms with Crippen LogP contribution in [0.1, 0.15) is 46.5 Å². The van der Waals surface area contributed by atoms with Crippen LogP contribution < -0.4 is 4.74 Å². The third-order valence-corrected chi connectivity index (χ3v) is 7.47. The second kappa shape index (κ2) is 12.6. The van der Waals surface area contributed by atoms with Gasteiger partial charge in [0, 0.05) is 28.4 Å². The number of methoxy groups -OCH3 is 1. The Morgan fingerprint density at radius 2 is 1.76 bits per heavy atom. The van der Waals surface area contributed by atoms with Gasteiger partial charge in [0.1, 0.15) is 18.6 Å². The number of carbonyl (C=O) groups excluding carboxylic acids is 1. The van der Waals surface area contributed by atoms with E-state index in [1.54, 1.807) is 19.2 Å². The number of alkyl halides is 1. The molecule has 0 aliphatic rings. The molecule has 0 radical (unpaired) electrons. The molecule has 0 spiro atoms. The molecule has 34 heavy (non-hydrogen) atoms. The molecule has 0 saturated carbocycles. The average molecular weight is 571 g/mol. The smallest absolute Gasteiger partial charge is 0.339 e. The molecular weight excluding hydrogens is 538 g/mol. The number of nitro groups is 1. The summed E-state index contributed by atoms with van der Waals surface area (Å²) >= 11 is 3.57. The summed E-state index contributed by atoms with van der Waals surface area (Å²) in [6, 6.07) is 7.88. The standard InChI is InChI=1S/C23H32BrNO7Si2/c1-14-19(29-4)11-18(23(2,3)22(31-33-5)32-34-6)17(12-24)20(14)21(26)30-13-15-7-9-16(10-8-15)25(27)28/h7-11,22H,12-13,33-34H2,1-6H3. The fourth-order valence-electron chi connectivity index (χ4n) is 3.84. The summed E-state index contributed by atoms with van der Waals surface area (Å²) in [7, 11) is 0.109. The van der Waals surface area contributed by atoms with Gasteiger partial charge in [0.2, 0.25) is 0 Å². The molecule has 8 nitrogen and oxygen atoms in total. The van der Waals surface area contributed by atoms with Gasteiger partial charge in [-0.05, 0) is 41.8 Å². The van der Waals surface area contributed by atoms with E-state index in [1.165, 1.54) is 12.1 Å². The lowest BCUT2D eigenvalue weighted by Gasteiger charge is -2.37. The number of hydrogen-bond donors (Lipinski definition) is 0. The quantitative estimate of drug-likeness (QED) is 0.0948. The molecule has 0 aliphatic carbocycles. The van der Waals surface area contributed by atoms with Gasteiger partial charge in [-0.25, -0.2) is 4.79 Å². The number of benzene rings is 2. The molecule has 0 bridgehead atoms. The minimum atomic E-state index is -0.731. The van der Waals surface area contributed by atoms with Crippen molar-refractivity contribution >= 4 is 47.1 Å². The fourth-order valence-corrected chi connectivity index (χ4v) is 6.25. The van der Waals surface area contributed by atoms with Gasteiger partial charge in [-0.15, -0.1) is 0 Å². The minimum Gasteiger partial charge on any atom is -0.496 e. The summed E-state index contributed by atoms with van der Waals surface area (Å²) in [5, 5.41) is 11.3. The summed E-state index contributed by atoms with van der Waals surface area (Å²) in [5.74, 6) is 0.0886. The summed E-state index contributed by atoms with van der Waals surface area (Å²) in [6.07, 6.45) is -0.407. The van der Waals surface area contributed by atoms with Gasteiger partial charge >= 0.3 is 5.97 Å². The van der Waals surface area contributed by atoms with Crippen molar-refractivity contribution in [1.29, 1.82) is 0 Å². The molecule has 0 aromatic heterocycles. The first-order chi connectivity index (χ1) is 16.1. The van der Waals surface area contributed by atoms with E-state index in [0.29, 0.717) is 27.8 Å². The van der Waals surface area contributed by atoms with Crippen molar-refractivity contribution in [1.82, 2.24) is 0 Å². The highest BCUT2D eigenvalue weighted by Crippen LogP contribution is 2.40. The molecule has 0 amide bonds. The Hall–Kier alpha value is -2.06. The second-order valence-corrected chi connectivity index (χ2v) is 10.6. The van der Waals surface area contributed by atoms with Crippen LogP contribution in [0.2, 0.25) is 13.1 Å². The molecule has 186 valence electrons. The highest BCUT2D eigenvalue weighted by Gasteiger charge is 2.37. The van der Waals surface area contributed by atoms with Gasteiger partial charge in [0.15, 0.2) is 19.5 Å². The van der Waals surface area contributed by atoms with Crippen LogP contribution in [0.4, 0.5) is 5.69 Å². The molecular formula is C23H32BrNO7Si2. The van der Waals surface area contributed by atoms with E-state index < -0.39 is 42.1 Å². The molecule has 0 heterocycles. The van der Waals surface area contributed by atoms with Gasteiger partial charge in [0.05, 0.1) is 17.6 Å². The highest BCUT2D eigenvalue weighted by molar-refractivity contribution is 9.08. The Morgan fingerprint density at radius 1 is 1.18 bits per heavy atom. The maximum atomic E-state index is 13.3. The molecule has 0 atom stereocenters. The van der Waals surface area contributed by atoms with Crippen molar-refractivity contribution in [3.05, 3.63) is 68.3 Å². The Morgan fingerprint density at radius 3 is 2.24 bits per heavy atom. The maximum Gasteiger partial charge on any atom is 0.339 e. The lowest BCUT2D eigenvalue weighted by atomic mass is 9.79. The second-order valence-electron chi connectivity index (χ2n) is 8.20. The number of rotatable bonds is 12. The number of halogens is 1. The van der Waals surface area contributed by atoms with E-state index in [2.05, 4.69) is 29.0 Å². The number of ether oxygens (including phenoxy) is 2. The van der Waals surface area contributed by atoms with E-state index in [0.717, 1.165) is 11.1 Å². The van der Waals surface area contributed by atoms with Crippen LogP contribution in [0.15, 0.2) is 30.3 Å². The van der Waals surface area contributed by atoms with Crippen molar-refractivity contribution in [3.8, 4) is 5.75 Å². The van der Waals surface area contributed by atoms with Crippen molar-refractivity contribution in [2.75, 3.05) is 7.11 Å². The molecule has 2 rings (SSSR count). The SMILES string of the molecule is COc1cc(C(C)(C)C(O[SiH2]C)O[SiH2]C)c(CBr)c(C(=O)OCc2ccc([N+](=O)[O-])cc2)c1C. The molecule has 0 N–H and O–H groups in total. The molecule has 0 saturated heterocycles. The van der Waals surface area contributed by atoms with Crippen molar-refractivity contribution in [3.63, 3.8) is 0 Å². The number of nitrogens with zero attached hydrogens (tertiary/aromatic N) is 1. The summed E-state index contributed by atoms with van der Waals surface area (Å²) in [4.78, 5) is 23.7. The predicted octanol–water partition coefficient (Wildman–Crippen LogP) is 4.06. The number of nitro benzene ring substituents is 1. The number of non-ortho nitro benzene ring substituents is 1. The first kappa shape index (κ1) is 28.2. The Kier molecular flexibility index (Phi) is 10.4. The molecule has 0 fully saturated rings. The first-order valence-corrected chi connectivity index (χ1v) is 16.1. The lowest BCUT2D eigenvalue weighted by Crippen LogP contribution is -2.40. The van der Waals surface area contributed by atoms with Gasteiger partial charge in [0.25, 0.3) is 5.69 Å². The van der Waals surface area contributed by atoms with E-state index in [1.807, 2.05) is 26.8 Å². The Bertz CT molecular complexity index is 1010.